The van der Waals surface area contributed by atoms with E-state index < -0.39 is 0 Å². The molecule has 2 heteroatoms. The largest absolute Gasteiger partial charge is 0.357 e. The lowest BCUT2D eigenvalue weighted by molar-refractivity contribution is 0.342. The molecule has 0 radical (unpaired) electrons. The first-order valence-electron chi connectivity index (χ1n) is 6.16. The van der Waals surface area contributed by atoms with Crippen molar-refractivity contribution in [3.05, 3.63) is 24.0 Å². The zero-order valence-corrected chi connectivity index (χ0v) is 9.71. The third kappa shape index (κ3) is 3.38. The lowest BCUT2D eigenvalue weighted by Gasteiger charge is -2.21. The topological polar surface area (TPSA) is 17.0 Å². The molecule has 0 saturated heterocycles. The van der Waals surface area contributed by atoms with Gasteiger partial charge in [-0.3, -0.25) is 0 Å². The molecule has 0 spiro atoms. The predicted octanol–water partition coefficient (Wildman–Crippen LogP) is 2.70. The van der Waals surface area contributed by atoms with E-state index >= 15 is 0 Å². The van der Waals surface area contributed by atoms with Gasteiger partial charge in [0.1, 0.15) is 0 Å². The Morgan fingerprint density at radius 3 is 2.80 bits per heavy atom. The van der Waals surface area contributed by atoms with Crippen LogP contribution in [0.1, 0.15) is 37.7 Å². The number of hydrogen-bond acceptors (Lipinski definition) is 1. The maximum Gasteiger partial charge on any atom is 0.0220 e. The SMILES string of the molecule is Cn1ccc(CNCC2CCCCC2)c1. The lowest BCUT2D eigenvalue weighted by atomic mass is 9.89. The van der Waals surface area contributed by atoms with Crippen molar-refractivity contribution in [2.75, 3.05) is 6.54 Å². The highest BCUT2D eigenvalue weighted by Gasteiger charge is 2.12. The highest BCUT2D eigenvalue weighted by atomic mass is 14.9. The zero-order chi connectivity index (χ0) is 10.5. The molecule has 0 unspecified atom stereocenters. The van der Waals surface area contributed by atoms with Gasteiger partial charge in [0, 0.05) is 26.0 Å². The third-order valence-corrected chi connectivity index (χ3v) is 3.38. The molecule has 1 saturated carbocycles. The minimum Gasteiger partial charge on any atom is -0.357 e. The van der Waals surface area contributed by atoms with Crippen LogP contribution in [0.15, 0.2) is 18.5 Å². The highest BCUT2D eigenvalue weighted by molar-refractivity contribution is 5.09. The molecule has 1 aromatic rings. The summed E-state index contributed by atoms with van der Waals surface area (Å²) in [5.41, 5.74) is 1.40. The minimum absolute atomic E-state index is 0.933. The van der Waals surface area contributed by atoms with Gasteiger partial charge in [-0.25, -0.2) is 0 Å². The summed E-state index contributed by atoms with van der Waals surface area (Å²) < 4.78 is 2.11. The Kier molecular flexibility index (Phi) is 3.84. The molecule has 0 atom stereocenters. The van der Waals surface area contributed by atoms with Crippen LogP contribution in [0.4, 0.5) is 0 Å². The molecule has 0 bridgehead atoms. The number of hydrogen-bond donors (Lipinski definition) is 1. The number of nitrogens with one attached hydrogen (secondary N) is 1. The molecule has 1 N–H and O–H groups in total. The van der Waals surface area contributed by atoms with Gasteiger partial charge >= 0.3 is 0 Å². The highest BCUT2D eigenvalue weighted by Crippen LogP contribution is 2.22. The molecule has 2 nitrogen and oxygen atoms in total. The van der Waals surface area contributed by atoms with E-state index in [0.717, 1.165) is 12.5 Å². The Labute approximate surface area is 92.7 Å². The van der Waals surface area contributed by atoms with Crippen LogP contribution in [0.25, 0.3) is 0 Å². The van der Waals surface area contributed by atoms with E-state index in [9.17, 15) is 0 Å². The summed E-state index contributed by atoms with van der Waals surface area (Å²) in [5, 5.41) is 3.57. The molecule has 1 aromatic heterocycles. The van der Waals surface area contributed by atoms with Crippen molar-refractivity contribution in [1.82, 2.24) is 9.88 Å². The first-order chi connectivity index (χ1) is 7.34. The van der Waals surface area contributed by atoms with Crippen molar-refractivity contribution in [3.8, 4) is 0 Å². The fourth-order valence-electron chi connectivity index (χ4n) is 2.48. The molecule has 1 heterocycles. The van der Waals surface area contributed by atoms with Crippen LogP contribution < -0.4 is 5.32 Å². The van der Waals surface area contributed by atoms with E-state index in [0.29, 0.717) is 0 Å². The van der Waals surface area contributed by atoms with Crippen LogP contribution in [0, 0.1) is 5.92 Å². The van der Waals surface area contributed by atoms with Gasteiger partial charge in [-0.2, -0.15) is 0 Å². The molecular formula is C13H22N2. The number of nitrogens with zero attached hydrogens (tertiary/aromatic N) is 1. The van der Waals surface area contributed by atoms with Crippen LogP contribution in [0.2, 0.25) is 0 Å². The van der Waals surface area contributed by atoms with Crippen LogP contribution in [-0.2, 0) is 13.6 Å². The zero-order valence-electron chi connectivity index (χ0n) is 9.71. The molecule has 15 heavy (non-hydrogen) atoms. The van der Waals surface area contributed by atoms with Gasteiger partial charge in [0.25, 0.3) is 0 Å². The van der Waals surface area contributed by atoms with Gasteiger partial charge in [0.05, 0.1) is 0 Å². The molecule has 1 aliphatic rings. The number of aromatic nitrogens is 1. The summed E-state index contributed by atoms with van der Waals surface area (Å²) in [7, 11) is 2.07. The lowest BCUT2D eigenvalue weighted by Crippen LogP contribution is -2.23. The molecule has 84 valence electrons. The summed E-state index contributed by atoms with van der Waals surface area (Å²) in [6.45, 7) is 2.23. The minimum atomic E-state index is 0.933. The average Bonchev–Trinajstić information content (AvgIpc) is 2.66. The second-order valence-corrected chi connectivity index (χ2v) is 4.82. The Bertz CT molecular complexity index is 284. The summed E-state index contributed by atoms with van der Waals surface area (Å²) in [6.07, 6.45) is 11.5. The maximum atomic E-state index is 3.57. The van der Waals surface area contributed by atoms with Gasteiger partial charge in [0.2, 0.25) is 0 Å². The molecule has 1 fully saturated rings. The smallest absolute Gasteiger partial charge is 0.0220 e. The van der Waals surface area contributed by atoms with Gasteiger partial charge in [-0.15, -0.1) is 0 Å². The van der Waals surface area contributed by atoms with E-state index in [1.165, 1.54) is 44.2 Å². The van der Waals surface area contributed by atoms with E-state index in [1.54, 1.807) is 0 Å². The summed E-state index contributed by atoms with van der Waals surface area (Å²) in [6, 6.07) is 2.19. The van der Waals surface area contributed by atoms with Crippen molar-refractivity contribution in [3.63, 3.8) is 0 Å². The third-order valence-electron chi connectivity index (χ3n) is 3.38. The van der Waals surface area contributed by atoms with Gasteiger partial charge in [-0.1, -0.05) is 19.3 Å². The first kappa shape index (κ1) is 10.7. The van der Waals surface area contributed by atoms with Crippen LogP contribution in [0.3, 0.4) is 0 Å². The number of aryl methyl sites for hydroxylation is 1. The van der Waals surface area contributed by atoms with Crippen LogP contribution >= 0.6 is 0 Å². The molecule has 1 aliphatic carbocycles. The predicted molar refractivity (Wildman–Crippen MR) is 63.7 cm³/mol. The molecule has 0 amide bonds. The quantitative estimate of drug-likeness (QED) is 0.801. The maximum absolute atomic E-state index is 3.57. The fraction of sp³-hybridized carbons (Fsp3) is 0.692. The van der Waals surface area contributed by atoms with E-state index in [1.807, 2.05) is 0 Å². The second kappa shape index (κ2) is 5.36. The van der Waals surface area contributed by atoms with Gasteiger partial charge in [0.15, 0.2) is 0 Å². The van der Waals surface area contributed by atoms with E-state index in [2.05, 4.69) is 35.4 Å². The monoisotopic (exact) mass is 206 g/mol. The first-order valence-corrected chi connectivity index (χ1v) is 6.16. The van der Waals surface area contributed by atoms with Gasteiger partial charge in [-0.05, 0) is 36.9 Å². The summed E-state index contributed by atoms with van der Waals surface area (Å²) in [4.78, 5) is 0. The fourth-order valence-corrected chi connectivity index (χ4v) is 2.48. The molecule has 2 rings (SSSR count). The van der Waals surface area contributed by atoms with Crippen LogP contribution in [-0.4, -0.2) is 11.1 Å². The molecular weight excluding hydrogens is 184 g/mol. The van der Waals surface area contributed by atoms with Crippen LogP contribution in [0.5, 0.6) is 0 Å². The average molecular weight is 206 g/mol. The Morgan fingerprint density at radius 1 is 1.33 bits per heavy atom. The van der Waals surface area contributed by atoms with Crippen molar-refractivity contribution in [2.45, 2.75) is 38.6 Å². The van der Waals surface area contributed by atoms with E-state index in [-0.39, 0.29) is 0 Å². The Morgan fingerprint density at radius 2 is 2.13 bits per heavy atom. The standard InChI is InChI=1S/C13H22N2/c1-15-8-7-13(11-15)10-14-9-12-5-3-2-4-6-12/h7-8,11-12,14H,2-6,9-10H2,1H3. The summed E-state index contributed by atoms with van der Waals surface area (Å²) >= 11 is 0. The Hall–Kier alpha value is -0.760. The van der Waals surface area contributed by atoms with E-state index in [4.69, 9.17) is 0 Å². The normalized spacial score (nSPS) is 18.2. The summed E-state index contributed by atoms with van der Waals surface area (Å²) in [5.74, 6) is 0.933. The van der Waals surface area contributed by atoms with Crippen molar-refractivity contribution >= 4 is 0 Å². The Balaban J connectivity index is 1.65. The van der Waals surface area contributed by atoms with Crippen molar-refractivity contribution in [1.29, 1.82) is 0 Å². The second-order valence-electron chi connectivity index (χ2n) is 4.82. The number of rotatable bonds is 4. The van der Waals surface area contributed by atoms with Crippen molar-refractivity contribution < 1.29 is 0 Å². The van der Waals surface area contributed by atoms with Gasteiger partial charge < -0.3 is 9.88 Å². The molecule has 0 aromatic carbocycles. The molecule has 0 aliphatic heterocycles. The van der Waals surface area contributed by atoms with Crippen molar-refractivity contribution in [2.24, 2.45) is 13.0 Å².